The highest BCUT2D eigenvalue weighted by atomic mass is 16.6. The topological polar surface area (TPSA) is 21.8 Å². The monoisotopic (exact) mass is 248 g/mol. The van der Waals surface area contributed by atoms with Gasteiger partial charge in [0.15, 0.2) is 0 Å². The smallest absolute Gasteiger partial charge is 0.111 e. The molecule has 1 aromatic carbocycles. The molecule has 0 aliphatic carbocycles. The Labute approximate surface area is 110 Å². The molecule has 2 nitrogen and oxygen atoms in total. The van der Waals surface area contributed by atoms with Gasteiger partial charge in [-0.1, -0.05) is 62.9 Å². The van der Waals surface area contributed by atoms with Crippen LogP contribution in [0.4, 0.5) is 0 Å². The van der Waals surface area contributed by atoms with Gasteiger partial charge in [-0.3, -0.25) is 0 Å². The largest absolute Gasteiger partial charge is 0.371 e. The first-order valence-electron chi connectivity index (χ1n) is 7.20. The minimum absolute atomic E-state index is 0.136. The van der Waals surface area contributed by atoms with Crippen LogP contribution in [0.1, 0.15) is 50.7 Å². The Morgan fingerprint density at radius 3 is 2.56 bits per heavy atom. The van der Waals surface area contributed by atoms with Crippen LogP contribution in [0.5, 0.6) is 0 Å². The molecule has 1 heterocycles. The molecule has 2 rings (SSSR count). The van der Waals surface area contributed by atoms with Gasteiger partial charge in [-0.15, -0.1) is 0 Å². The first-order chi connectivity index (χ1) is 8.92. The Kier molecular flexibility index (Phi) is 5.69. The van der Waals surface area contributed by atoms with Crippen LogP contribution in [0.3, 0.4) is 0 Å². The predicted octanol–water partition coefficient (Wildman–Crippen LogP) is 4.11. The third kappa shape index (κ3) is 4.43. The lowest BCUT2D eigenvalue weighted by Gasteiger charge is -2.16. The summed E-state index contributed by atoms with van der Waals surface area (Å²) in [6.45, 7) is 3.94. The number of hydrogen-bond donors (Lipinski definition) is 0. The summed E-state index contributed by atoms with van der Waals surface area (Å²) in [7, 11) is 0. The van der Waals surface area contributed by atoms with E-state index in [0.29, 0.717) is 0 Å². The summed E-state index contributed by atoms with van der Waals surface area (Å²) in [5.41, 5.74) is 1.24. The van der Waals surface area contributed by atoms with Crippen molar-refractivity contribution in [2.45, 2.75) is 51.2 Å². The Bertz CT molecular complexity index is 319. The quantitative estimate of drug-likeness (QED) is 0.484. The Hall–Kier alpha value is -0.860. The van der Waals surface area contributed by atoms with E-state index in [1.54, 1.807) is 0 Å². The van der Waals surface area contributed by atoms with Crippen LogP contribution >= 0.6 is 0 Å². The number of epoxide rings is 1. The molecule has 0 radical (unpaired) electrons. The lowest BCUT2D eigenvalue weighted by Crippen LogP contribution is -2.11. The molecule has 18 heavy (non-hydrogen) atoms. The molecule has 1 aliphatic heterocycles. The van der Waals surface area contributed by atoms with Gasteiger partial charge in [0.2, 0.25) is 0 Å². The molecule has 2 atom stereocenters. The van der Waals surface area contributed by atoms with Crippen molar-refractivity contribution in [1.82, 2.24) is 0 Å². The normalized spacial score (nSPS) is 19.7. The van der Waals surface area contributed by atoms with Crippen molar-refractivity contribution in [2.75, 3.05) is 13.2 Å². The minimum atomic E-state index is 0.136. The van der Waals surface area contributed by atoms with Gasteiger partial charge in [0.1, 0.15) is 12.2 Å². The number of ether oxygens (including phenoxy) is 2. The fourth-order valence-corrected chi connectivity index (χ4v) is 2.21. The van der Waals surface area contributed by atoms with Crippen molar-refractivity contribution in [3.05, 3.63) is 35.9 Å². The zero-order valence-corrected chi connectivity index (χ0v) is 11.3. The molecule has 1 fully saturated rings. The maximum absolute atomic E-state index is 6.01. The lowest BCUT2D eigenvalue weighted by molar-refractivity contribution is 0.0299. The van der Waals surface area contributed by atoms with Gasteiger partial charge in [-0.2, -0.15) is 0 Å². The SMILES string of the molecule is CCCCCCCOC(c1ccccc1)C1CO1. The number of unbranched alkanes of at least 4 members (excludes halogenated alkanes) is 4. The predicted molar refractivity (Wildman–Crippen MR) is 73.6 cm³/mol. The molecule has 0 aromatic heterocycles. The summed E-state index contributed by atoms with van der Waals surface area (Å²) >= 11 is 0. The third-order valence-corrected chi connectivity index (χ3v) is 3.37. The van der Waals surface area contributed by atoms with Crippen molar-refractivity contribution in [2.24, 2.45) is 0 Å². The van der Waals surface area contributed by atoms with Crippen LogP contribution in [-0.4, -0.2) is 19.3 Å². The standard InChI is InChI=1S/C16H24O2/c1-2-3-4-5-9-12-17-16(15-13-18-15)14-10-7-6-8-11-14/h6-8,10-11,15-16H,2-5,9,12-13H2,1H3. The maximum Gasteiger partial charge on any atom is 0.111 e. The van der Waals surface area contributed by atoms with Crippen LogP contribution in [0, 0.1) is 0 Å². The van der Waals surface area contributed by atoms with Gasteiger partial charge in [-0.25, -0.2) is 0 Å². The van der Waals surface area contributed by atoms with Gasteiger partial charge < -0.3 is 9.47 Å². The molecule has 2 heteroatoms. The molecule has 1 aliphatic rings. The average molecular weight is 248 g/mol. The van der Waals surface area contributed by atoms with Gasteiger partial charge >= 0.3 is 0 Å². The highest BCUT2D eigenvalue weighted by molar-refractivity contribution is 5.19. The van der Waals surface area contributed by atoms with Crippen molar-refractivity contribution < 1.29 is 9.47 Å². The van der Waals surface area contributed by atoms with E-state index in [9.17, 15) is 0 Å². The van der Waals surface area contributed by atoms with E-state index in [0.717, 1.165) is 19.6 Å². The van der Waals surface area contributed by atoms with Crippen LogP contribution in [-0.2, 0) is 9.47 Å². The van der Waals surface area contributed by atoms with Gasteiger partial charge in [0.25, 0.3) is 0 Å². The van der Waals surface area contributed by atoms with E-state index in [1.807, 2.05) is 6.07 Å². The van der Waals surface area contributed by atoms with Crippen LogP contribution < -0.4 is 0 Å². The van der Waals surface area contributed by atoms with E-state index in [2.05, 4.69) is 31.2 Å². The summed E-state index contributed by atoms with van der Waals surface area (Å²) in [5, 5.41) is 0. The van der Waals surface area contributed by atoms with Crippen LogP contribution in [0.15, 0.2) is 30.3 Å². The van der Waals surface area contributed by atoms with E-state index < -0.39 is 0 Å². The van der Waals surface area contributed by atoms with Crippen LogP contribution in [0.2, 0.25) is 0 Å². The number of rotatable bonds is 9. The van der Waals surface area contributed by atoms with Crippen molar-refractivity contribution in [3.8, 4) is 0 Å². The first-order valence-corrected chi connectivity index (χ1v) is 7.20. The molecule has 0 bridgehead atoms. The fourth-order valence-electron chi connectivity index (χ4n) is 2.21. The fraction of sp³-hybridized carbons (Fsp3) is 0.625. The molecular formula is C16H24O2. The number of hydrogen-bond acceptors (Lipinski definition) is 2. The summed E-state index contributed by atoms with van der Waals surface area (Å²) < 4.78 is 11.4. The van der Waals surface area contributed by atoms with Crippen LogP contribution in [0.25, 0.3) is 0 Å². The third-order valence-electron chi connectivity index (χ3n) is 3.37. The molecule has 1 saturated heterocycles. The molecule has 100 valence electrons. The summed E-state index contributed by atoms with van der Waals surface area (Å²) in [6, 6.07) is 10.4. The summed E-state index contributed by atoms with van der Waals surface area (Å²) in [5.74, 6) is 0. The van der Waals surface area contributed by atoms with E-state index in [4.69, 9.17) is 9.47 Å². The van der Waals surface area contributed by atoms with E-state index in [1.165, 1.54) is 31.2 Å². The zero-order chi connectivity index (χ0) is 12.6. The van der Waals surface area contributed by atoms with Crippen molar-refractivity contribution in [1.29, 1.82) is 0 Å². The van der Waals surface area contributed by atoms with Gasteiger partial charge in [-0.05, 0) is 12.0 Å². The van der Waals surface area contributed by atoms with Gasteiger partial charge in [0.05, 0.1) is 6.61 Å². The molecule has 0 spiro atoms. The summed E-state index contributed by atoms with van der Waals surface area (Å²) in [6.07, 6.45) is 6.82. The highest BCUT2D eigenvalue weighted by Gasteiger charge is 2.34. The zero-order valence-electron chi connectivity index (χ0n) is 11.3. The minimum Gasteiger partial charge on any atom is -0.371 e. The lowest BCUT2D eigenvalue weighted by atomic mass is 10.1. The van der Waals surface area contributed by atoms with Crippen molar-refractivity contribution in [3.63, 3.8) is 0 Å². The first kappa shape index (κ1) is 13.6. The molecule has 0 saturated carbocycles. The highest BCUT2D eigenvalue weighted by Crippen LogP contribution is 2.31. The molecular weight excluding hydrogens is 224 g/mol. The van der Waals surface area contributed by atoms with E-state index in [-0.39, 0.29) is 12.2 Å². The Balaban J connectivity index is 1.71. The molecule has 1 aromatic rings. The second kappa shape index (κ2) is 7.55. The van der Waals surface area contributed by atoms with Crippen molar-refractivity contribution >= 4 is 0 Å². The second-order valence-corrected chi connectivity index (χ2v) is 4.99. The second-order valence-electron chi connectivity index (χ2n) is 4.99. The molecule has 0 amide bonds. The molecule has 0 N–H and O–H groups in total. The average Bonchev–Trinajstić information content (AvgIpc) is 3.23. The Morgan fingerprint density at radius 2 is 1.89 bits per heavy atom. The Morgan fingerprint density at radius 1 is 1.17 bits per heavy atom. The van der Waals surface area contributed by atoms with Gasteiger partial charge in [0, 0.05) is 6.61 Å². The maximum atomic E-state index is 6.01. The summed E-state index contributed by atoms with van der Waals surface area (Å²) in [4.78, 5) is 0. The van der Waals surface area contributed by atoms with E-state index >= 15 is 0 Å². The molecule has 2 unspecified atom stereocenters. The number of benzene rings is 1.